The molecule has 0 amide bonds. The molecule has 0 atom stereocenters. The number of carbonyl (C=O) groups excluding carboxylic acids is 1. The lowest BCUT2D eigenvalue weighted by Crippen LogP contribution is -2.46. The third-order valence-corrected chi connectivity index (χ3v) is 4.39. The fraction of sp³-hybridized carbons (Fsp3) is 0.500. The lowest BCUT2D eigenvalue weighted by Gasteiger charge is -2.36. The van der Waals surface area contributed by atoms with Crippen LogP contribution in [0.15, 0.2) is 30.3 Å². The van der Waals surface area contributed by atoms with Crippen LogP contribution in [0.25, 0.3) is 5.70 Å². The zero-order valence-corrected chi connectivity index (χ0v) is 13.6. The van der Waals surface area contributed by atoms with E-state index in [-0.39, 0.29) is 11.7 Å². The van der Waals surface area contributed by atoms with Crippen LogP contribution in [0.2, 0.25) is 0 Å². The molecular formula is C18H24N2O2. The molecule has 22 heavy (non-hydrogen) atoms. The fourth-order valence-electron chi connectivity index (χ4n) is 3.14. The summed E-state index contributed by atoms with van der Waals surface area (Å²) in [5.74, 6) is 1.19. The number of carbonyl (C=O) groups is 1. The van der Waals surface area contributed by atoms with Gasteiger partial charge in [-0.1, -0.05) is 12.1 Å². The Morgan fingerprint density at radius 1 is 1.32 bits per heavy atom. The molecule has 1 saturated heterocycles. The number of allylic oxidation sites excluding steroid dienone is 1. The van der Waals surface area contributed by atoms with E-state index in [0.717, 1.165) is 42.9 Å². The molecule has 4 heteroatoms. The minimum atomic E-state index is -0.507. The Kier molecular flexibility index (Phi) is 3.96. The summed E-state index contributed by atoms with van der Waals surface area (Å²) in [6, 6.07) is 7.86. The number of hydrogen-bond acceptors (Lipinski definition) is 4. The first kappa shape index (κ1) is 15.1. The molecule has 4 nitrogen and oxygen atoms in total. The summed E-state index contributed by atoms with van der Waals surface area (Å²) in [6.45, 7) is 5.93. The maximum atomic E-state index is 12.6. The van der Waals surface area contributed by atoms with Gasteiger partial charge < -0.3 is 15.0 Å². The van der Waals surface area contributed by atoms with Gasteiger partial charge in [-0.3, -0.25) is 4.79 Å². The van der Waals surface area contributed by atoms with Crippen LogP contribution in [0, 0.1) is 5.92 Å². The summed E-state index contributed by atoms with van der Waals surface area (Å²) in [5.41, 5.74) is 1.33. The third kappa shape index (κ3) is 3.17. The SMILES string of the molecule is CN1CCC(C(=O)/C=C2/NC(C)(C)Oc3ccccc32)CC1. The Morgan fingerprint density at radius 3 is 2.73 bits per heavy atom. The Bertz CT molecular complexity index is 599. The molecule has 2 aliphatic heterocycles. The van der Waals surface area contributed by atoms with Crippen LogP contribution >= 0.6 is 0 Å². The number of rotatable bonds is 2. The van der Waals surface area contributed by atoms with E-state index in [9.17, 15) is 4.79 Å². The largest absolute Gasteiger partial charge is 0.468 e. The Morgan fingerprint density at radius 2 is 2.00 bits per heavy atom. The average Bonchev–Trinajstić information content (AvgIpc) is 2.46. The molecule has 1 fully saturated rings. The van der Waals surface area contributed by atoms with Gasteiger partial charge in [-0.2, -0.15) is 0 Å². The van der Waals surface area contributed by atoms with E-state index in [4.69, 9.17) is 4.74 Å². The molecule has 118 valence electrons. The number of benzene rings is 1. The monoisotopic (exact) mass is 300 g/mol. The molecule has 1 aromatic carbocycles. The van der Waals surface area contributed by atoms with Crippen molar-refractivity contribution < 1.29 is 9.53 Å². The van der Waals surface area contributed by atoms with E-state index in [0.29, 0.717) is 0 Å². The van der Waals surface area contributed by atoms with Crippen molar-refractivity contribution in [3.05, 3.63) is 35.9 Å². The topological polar surface area (TPSA) is 41.6 Å². The van der Waals surface area contributed by atoms with Crippen LogP contribution in [-0.2, 0) is 4.79 Å². The quantitative estimate of drug-likeness (QED) is 0.853. The van der Waals surface area contributed by atoms with Gasteiger partial charge >= 0.3 is 0 Å². The van der Waals surface area contributed by atoms with Crippen molar-refractivity contribution in [2.45, 2.75) is 32.4 Å². The molecule has 2 heterocycles. The highest BCUT2D eigenvalue weighted by molar-refractivity contribution is 5.98. The van der Waals surface area contributed by atoms with Gasteiger partial charge in [0.1, 0.15) is 5.75 Å². The van der Waals surface area contributed by atoms with E-state index in [1.165, 1.54) is 0 Å². The van der Waals surface area contributed by atoms with Crippen molar-refractivity contribution in [1.82, 2.24) is 10.2 Å². The Balaban J connectivity index is 1.85. The minimum Gasteiger partial charge on any atom is -0.468 e. The van der Waals surface area contributed by atoms with Crippen LogP contribution in [0.3, 0.4) is 0 Å². The minimum absolute atomic E-state index is 0.142. The second-order valence-corrected chi connectivity index (χ2v) is 6.77. The van der Waals surface area contributed by atoms with Gasteiger partial charge in [0.05, 0.1) is 5.70 Å². The first-order valence-electron chi connectivity index (χ1n) is 7.95. The van der Waals surface area contributed by atoms with E-state index < -0.39 is 5.72 Å². The fourth-order valence-corrected chi connectivity index (χ4v) is 3.14. The highest BCUT2D eigenvalue weighted by Crippen LogP contribution is 2.33. The maximum absolute atomic E-state index is 12.6. The number of fused-ring (bicyclic) bond motifs is 1. The van der Waals surface area contributed by atoms with Crippen LogP contribution < -0.4 is 10.1 Å². The molecule has 0 radical (unpaired) electrons. The van der Waals surface area contributed by atoms with Crippen LogP contribution in [0.5, 0.6) is 5.75 Å². The van der Waals surface area contributed by atoms with Crippen molar-refractivity contribution in [2.75, 3.05) is 20.1 Å². The number of nitrogens with zero attached hydrogens (tertiary/aromatic N) is 1. The van der Waals surface area contributed by atoms with Crippen molar-refractivity contribution in [3.8, 4) is 5.75 Å². The van der Waals surface area contributed by atoms with E-state index in [1.54, 1.807) is 6.08 Å². The summed E-state index contributed by atoms with van der Waals surface area (Å²) in [5, 5.41) is 3.34. The van der Waals surface area contributed by atoms with Crippen LogP contribution in [0.4, 0.5) is 0 Å². The number of nitrogens with one attached hydrogen (secondary N) is 1. The smallest absolute Gasteiger partial charge is 0.175 e. The summed E-state index contributed by atoms with van der Waals surface area (Å²) in [4.78, 5) is 14.9. The van der Waals surface area contributed by atoms with Crippen molar-refractivity contribution in [2.24, 2.45) is 5.92 Å². The molecule has 0 unspecified atom stereocenters. The molecule has 0 spiro atoms. The van der Waals surface area contributed by atoms with Crippen molar-refractivity contribution in [3.63, 3.8) is 0 Å². The lowest BCUT2D eigenvalue weighted by molar-refractivity contribution is -0.119. The van der Waals surface area contributed by atoms with Crippen molar-refractivity contribution in [1.29, 1.82) is 0 Å². The number of piperidine rings is 1. The van der Waals surface area contributed by atoms with Crippen molar-refractivity contribution >= 4 is 11.5 Å². The Labute approximate surface area is 132 Å². The predicted molar refractivity (Wildman–Crippen MR) is 87.5 cm³/mol. The summed E-state index contributed by atoms with van der Waals surface area (Å²) in [7, 11) is 2.11. The second-order valence-electron chi connectivity index (χ2n) is 6.77. The number of ketones is 1. The van der Waals surface area contributed by atoms with Gasteiger partial charge in [-0.05, 0) is 59.0 Å². The molecule has 1 aromatic rings. The van der Waals surface area contributed by atoms with Gasteiger partial charge in [0, 0.05) is 17.6 Å². The molecule has 2 aliphatic rings. The standard InChI is InChI=1S/C18H24N2O2/c1-18(2)19-15(14-6-4-5-7-17(14)22-18)12-16(21)13-8-10-20(3)11-9-13/h4-7,12-13,19H,8-11H2,1-3H3/b15-12+. The molecule has 3 rings (SSSR count). The first-order valence-corrected chi connectivity index (χ1v) is 7.95. The summed E-state index contributed by atoms with van der Waals surface area (Å²) >= 11 is 0. The summed E-state index contributed by atoms with van der Waals surface area (Å²) < 4.78 is 5.92. The Hall–Kier alpha value is -1.81. The van der Waals surface area contributed by atoms with Gasteiger partial charge in [0.15, 0.2) is 11.5 Å². The highest BCUT2D eigenvalue weighted by atomic mass is 16.5. The molecular weight excluding hydrogens is 276 g/mol. The molecule has 0 bridgehead atoms. The third-order valence-electron chi connectivity index (χ3n) is 4.39. The zero-order valence-electron chi connectivity index (χ0n) is 13.6. The van der Waals surface area contributed by atoms with Gasteiger partial charge in [-0.25, -0.2) is 0 Å². The number of ether oxygens (including phenoxy) is 1. The molecule has 0 aromatic heterocycles. The van der Waals surface area contributed by atoms with Crippen LogP contribution in [-0.4, -0.2) is 36.5 Å². The van der Waals surface area contributed by atoms with E-state index in [1.807, 2.05) is 38.1 Å². The van der Waals surface area contributed by atoms with Crippen LogP contribution in [0.1, 0.15) is 32.3 Å². The number of likely N-dealkylation sites (tertiary alicyclic amines) is 1. The summed E-state index contributed by atoms with van der Waals surface area (Å²) in [6.07, 6.45) is 3.67. The van der Waals surface area contributed by atoms with E-state index in [2.05, 4.69) is 17.3 Å². The normalized spacial score (nSPS) is 23.5. The number of para-hydroxylation sites is 1. The van der Waals surface area contributed by atoms with Gasteiger partial charge in [0.25, 0.3) is 0 Å². The van der Waals surface area contributed by atoms with Gasteiger partial charge in [0.2, 0.25) is 0 Å². The highest BCUT2D eigenvalue weighted by Gasteiger charge is 2.30. The zero-order chi connectivity index (χ0) is 15.7. The molecule has 1 N–H and O–H groups in total. The second kappa shape index (κ2) is 5.76. The maximum Gasteiger partial charge on any atom is 0.175 e. The van der Waals surface area contributed by atoms with Gasteiger partial charge in [-0.15, -0.1) is 0 Å². The predicted octanol–water partition coefficient (Wildman–Crippen LogP) is 2.66. The lowest BCUT2D eigenvalue weighted by atomic mass is 9.91. The number of hydrogen-bond donors (Lipinski definition) is 1. The average molecular weight is 300 g/mol. The first-order chi connectivity index (χ1) is 10.4. The molecule has 0 saturated carbocycles. The molecule has 0 aliphatic carbocycles. The van der Waals surface area contributed by atoms with E-state index >= 15 is 0 Å².